The van der Waals surface area contributed by atoms with E-state index in [0.29, 0.717) is 11.4 Å². The fraction of sp³-hybridized carbons (Fsp3) is 0.133. The molecule has 0 saturated heterocycles. The second kappa shape index (κ2) is 4.78. The average molecular weight is 319 g/mol. The molecule has 0 bridgehead atoms. The van der Waals surface area contributed by atoms with Gasteiger partial charge in [0.2, 0.25) is 0 Å². The summed E-state index contributed by atoms with van der Waals surface area (Å²) in [5, 5.41) is 0. The van der Waals surface area contributed by atoms with Crippen molar-refractivity contribution in [1.82, 2.24) is 9.97 Å². The van der Waals surface area contributed by atoms with Crippen LogP contribution in [0.2, 0.25) is 0 Å². The molecule has 2 nitrogen and oxygen atoms in total. The molecule has 0 radical (unpaired) electrons. The lowest BCUT2D eigenvalue weighted by Crippen LogP contribution is -1.86. The minimum Gasteiger partial charge on any atom is -0.338 e. The summed E-state index contributed by atoms with van der Waals surface area (Å²) in [5.74, 6) is 0.275. The summed E-state index contributed by atoms with van der Waals surface area (Å²) in [4.78, 5) is 7.62. The Morgan fingerprint density at radius 3 is 2.79 bits per heavy atom. The molecule has 0 amide bonds. The highest BCUT2D eigenvalue weighted by Crippen LogP contribution is 2.25. The van der Waals surface area contributed by atoms with Gasteiger partial charge in [-0.2, -0.15) is 0 Å². The van der Waals surface area contributed by atoms with Crippen LogP contribution in [0.15, 0.2) is 40.9 Å². The molecular weight excluding hydrogens is 307 g/mol. The van der Waals surface area contributed by atoms with E-state index < -0.39 is 0 Å². The first-order valence-electron chi connectivity index (χ1n) is 6.11. The van der Waals surface area contributed by atoms with Gasteiger partial charge in [-0.15, -0.1) is 0 Å². The number of benzene rings is 2. The molecule has 1 aromatic heterocycles. The predicted octanol–water partition coefficient (Wildman–Crippen LogP) is 4.69. The van der Waals surface area contributed by atoms with Crippen LogP contribution in [0, 0.1) is 5.82 Å². The number of fused-ring (bicyclic) bond motifs is 1. The number of hydrogen-bond acceptors (Lipinski definition) is 1. The maximum Gasteiger partial charge on any atom is 0.141 e. The second-order valence-electron chi connectivity index (χ2n) is 4.41. The summed E-state index contributed by atoms with van der Waals surface area (Å²) in [6, 6.07) is 11.0. The molecule has 19 heavy (non-hydrogen) atoms. The number of hydrogen-bond donors (Lipinski definition) is 1. The first kappa shape index (κ1) is 12.4. The number of aryl methyl sites for hydroxylation is 1. The molecule has 0 aliphatic rings. The van der Waals surface area contributed by atoms with Crippen LogP contribution in [0.25, 0.3) is 22.4 Å². The number of halogens is 2. The largest absolute Gasteiger partial charge is 0.338 e. The monoisotopic (exact) mass is 318 g/mol. The molecule has 0 atom stereocenters. The summed E-state index contributed by atoms with van der Waals surface area (Å²) in [6.07, 6.45) is 0.969. The molecule has 0 spiro atoms. The molecule has 0 fully saturated rings. The van der Waals surface area contributed by atoms with Crippen molar-refractivity contribution in [3.05, 3.63) is 52.3 Å². The molecule has 3 rings (SSSR count). The maximum atomic E-state index is 13.9. The molecular formula is C15H12BrFN2. The molecule has 1 N–H and O–H groups in total. The first-order chi connectivity index (χ1) is 9.17. The van der Waals surface area contributed by atoms with Gasteiger partial charge in [0.05, 0.1) is 16.6 Å². The Hall–Kier alpha value is -1.68. The van der Waals surface area contributed by atoms with E-state index in [1.807, 2.05) is 18.2 Å². The molecule has 0 aliphatic heterocycles. The minimum absolute atomic E-state index is 0.288. The lowest BCUT2D eigenvalue weighted by atomic mass is 10.1. The average Bonchev–Trinajstić information content (AvgIpc) is 2.80. The summed E-state index contributed by atoms with van der Waals surface area (Å²) in [6.45, 7) is 2.10. The van der Waals surface area contributed by atoms with E-state index in [9.17, 15) is 4.39 Å². The van der Waals surface area contributed by atoms with Crippen molar-refractivity contribution in [2.75, 3.05) is 0 Å². The standard InChI is InChI=1S/C15H12BrFN2/c1-2-9-3-6-13-14(7-9)19-15(18-13)11-5-4-10(16)8-12(11)17/h3-8H,2H2,1H3,(H,18,19). The molecule has 4 heteroatoms. The van der Waals surface area contributed by atoms with Crippen LogP contribution in [-0.2, 0) is 6.42 Å². The van der Waals surface area contributed by atoms with Crippen LogP contribution >= 0.6 is 15.9 Å². The van der Waals surface area contributed by atoms with Crippen LogP contribution < -0.4 is 0 Å². The van der Waals surface area contributed by atoms with Crippen LogP contribution in [0.4, 0.5) is 4.39 Å². The summed E-state index contributed by atoms with van der Waals surface area (Å²) in [7, 11) is 0. The number of aromatic amines is 1. The molecule has 0 aliphatic carbocycles. The lowest BCUT2D eigenvalue weighted by molar-refractivity contribution is 0.629. The van der Waals surface area contributed by atoms with Gasteiger partial charge in [-0.05, 0) is 42.3 Å². The highest BCUT2D eigenvalue weighted by molar-refractivity contribution is 9.10. The third-order valence-corrected chi connectivity index (χ3v) is 3.63. The highest BCUT2D eigenvalue weighted by Gasteiger charge is 2.10. The smallest absolute Gasteiger partial charge is 0.141 e. The molecule has 96 valence electrons. The fourth-order valence-corrected chi connectivity index (χ4v) is 2.42. The van der Waals surface area contributed by atoms with Crippen LogP contribution in [-0.4, -0.2) is 9.97 Å². The van der Waals surface area contributed by atoms with Crippen LogP contribution in [0.3, 0.4) is 0 Å². The normalized spacial score (nSPS) is 11.1. The molecule has 0 saturated carbocycles. The van der Waals surface area contributed by atoms with E-state index in [1.165, 1.54) is 11.6 Å². The second-order valence-corrected chi connectivity index (χ2v) is 5.33. The summed E-state index contributed by atoms with van der Waals surface area (Å²) in [5.41, 5.74) is 3.52. The Kier molecular flexibility index (Phi) is 3.11. The van der Waals surface area contributed by atoms with Gasteiger partial charge in [0.15, 0.2) is 0 Å². The highest BCUT2D eigenvalue weighted by atomic mass is 79.9. The number of rotatable bonds is 2. The van der Waals surface area contributed by atoms with Crippen LogP contribution in [0.5, 0.6) is 0 Å². The van der Waals surface area contributed by atoms with Gasteiger partial charge >= 0.3 is 0 Å². The quantitative estimate of drug-likeness (QED) is 0.729. The molecule has 3 aromatic rings. The molecule has 1 heterocycles. The third-order valence-electron chi connectivity index (χ3n) is 3.14. The summed E-state index contributed by atoms with van der Waals surface area (Å²) >= 11 is 3.25. The Labute approximate surface area is 118 Å². The zero-order chi connectivity index (χ0) is 13.4. The van der Waals surface area contributed by atoms with Gasteiger partial charge in [-0.1, -0.05) is 28.9 Å². The van der Waals surface area contributed by atoms with Gasteiger partial charge in [-0.25, -0.2) is 9.37 Å². The van der Waals surface area contributed by atoms with E-state index in [1.54, 1.807) is 6.07 Å². The lowest BCUT2D eigenvalue weighted by Gasteiger charge is -1.99. The van der Waals surface area contributed by atoms with Gasteiger partial charge in [0, 0.05) is 4.47 Å². The van der Waals surface area contributed by atoms with Crippen molar-refractivity contribution in [3.8, 4) is 11.4 Å². The van der Waals surface area contributed by atoms with Crippen molar-refractivity contribution in [2.45, 2.75) is 13.3 Å². The van der Waals surface area contributed by atoms with Crippen molar-refractivity contribution in [1.29, 1.82) is 0 Å². The number of H-pyrrole nitrogens is 1. The predicted molar refractivity (Wildman–Crippen MR) is 78.6 cm³/mol. The molecule has 0 unspecified atom stereocenters. The minimum atomic E-state index is -0.288. The zero-order valence-corrected chi connectivity index (χ0v) is 12.0. The van der Waals surface area contributed by atoms with E-state index in [0.717, 1.165) is 21.9 Å². The Bertz CT molecular complexity index is 749. The number of nitrogens with zero attached hydrogens (tertiary/aromatic N) is 1. The summed E-state index contributed by atoms with van der Waals surface area (Å²) < 4.78 is 14.6. The van der Waals surface area contributed by atoms with Crippen molar-refractivity contribution in [3.63, 3.8) is 0 Å². The SMILES string of the molecule is CCc1ccc2nc(-c3ccc(Br)cc3F)[nH]c2c1. The van der Waals surface area contributed by atoms with E-state index >= 15 is 0 Å². The van der Waals surface area contributed by atoms with Crippen molar-refractivity contribution in [2.24, 2.45) is 0 Å². The zero-order valence-electron chi connectivity index (χ0n) is 10.4. The van der Waals surface area contributed by atoms with Gasteiger partial charge in [0.1, 0.15) is 11.6 Å². The first-order valence-corrected chi connectivity index (χ1v) is 6.90. The number of imidazole rings is 1. The van der Waals surface area contributed by atoms with Crippen LogP contribution in [0.1, 0.15) is 12.5 Å². The number of aromatic nitrogens is 2. The van der Waals surface area contributed by atoms with E-state index in [4.69, 9.17) is 0 Å². The Morgan fingerprint density at radius 2 is 2.05 bits per heavy atom. The van der Waals surface area contributed by atoms with E-state index in [2.05, 4.69) is 38.9 Å². The fourth-order valence-electron chi connectivity index (χ4n) is 2.09. The Morgan fingerprint density at radius 1 is 1.21 bits per heavy atom. The van der Waals surface area contributed by atoms with Crippen molar-refractivity contribution >= 4 is 27.0 Å². The Balaban J connectivity index is 2.14. The van der Waals surface area contributed by atoms with Gasteiger partial charge in [0.25, 0.3) is 0 Å². The van der Waals surface area contributed by atoms with Crippen molar-refractivity contribution < 1.29 is 4.39 Å². The van der Waals surface area contributed by atoms with Gasteiger partial charge in [-0.3, -0.25) is 0 Å². The number of nitrogens with one attached hydrogen (secondary N) is 1. The van der Waals surface area contributed by atoms with E-state index in [-0.39, 0.29) is 5.82 Å². The molecule has 2 aromatic carbocycles. The van der Waals surface area contributed by atoms with Gasteiger partial charge < -0.3 is 4.98 Å². The third kappa shape index (κ3) is 2.28. The topological polar surface area (TPSA) is 28.7 Å². The maximum absolute atomic E-state index is 13.9.